The molecule has 0 radical (unpaired) electrons. The number of pyridine rings is 1. The number of unbranched alkanes of at least 4 members (excludes halogenated alkanes) is 1. The summed E-state index contributed by atoms with van der Waals surface area (Å²) in [6.45, 7) is 15.0. The number of carbonyl (C=O) groups is 3. The van der Waals surface area contributed by atoms with Crippen molar-refractivity contribution in [3.63, 3.8) is 0 Å². The molecule has 0 aliphatic carbocycles. The smallest absolute Gasteiger partial charge is 0.306 e. The number of aromatic nitrogens is 1. The lowest BCUT2D eigenvalue weighted by atomic mass is 9.92. The molecule has 1 fully saturated rings. The normalized spacial score (nSPS) is 20.8. The number of amides is 1. The van der Waals surface area contributed by atoms with Crippen molar-refractivity contribution in [1.29, 1.82) is 0 Å². The molecule has 3 atom stereocenters. The van der Waals surface area contributed by atoms with Crippen LogP contribution in [0.25, 0.3) is 0 Å². The number of ketones is 1. The third-order valence-electron chi connectivity index (χ3n) is 7.13. The van der Waals surface area contributed by atoms with Gasteiger partial charge >= 0.3 is 5.97 Å². The van der Waals surface area contributed by atoms with Crippen molar-refractivity contribution in [3.8, 4) is 0 Å². The summed E-state index contributed by atoms with van der Waals surface area (Å²) in [6, 6.07) is 1.94. The molecule has 1 aromatic rings. The van der Waals surface area contributed by atoms with Crippen LogP contribution in [0.3, 0.4) is 0 Å². The van der Waals surface area contributed by atoms with Gasteiger partial charge in [0.05, 0.1) is 5.56 Å². The first kappa shape index (κ1) is 34.0. The minimum absolute atomic E-state index is 0.0982. The van der Waals surface area contributed by atoms with Crippen molar-refractivity contribution >= 4 is 51.0 Å². The number of Topliss-reactive ketones (excluding diaryl/α,β-unsaturated/α-hetero) is 1. The standard InChI is InChI=1S/C30H48N2O4S3/c1-8-29(6,37-9-2)21-28(4,5)36-26(34)14-10-11-15-30(7)18-25(38-39-30)23-17-24(20-31-19-23)27(35)32-16-12-13-22(3)33/h17,19-20,25H,8-16,18,21H2,1-7H3,(H,32,35). The highest BCUT2D eigenvalue weighted by molar-refractivity contribution is 8.77. The van der Waals surface area contributed by atoms with Crippen LogP contribution in [0.5, 0.6) is 0 Å². The molecular weight excluding hydrogens is 549 g/mol. The molecule has 0 saturated carbocycles. The Kier molecular flexibility index (Phi) is 13.7. The van der Waals surface area contributed by atoms with E-state index in [9.17, 15) is 14.4 Å². The van der Waals surface area contributed by atoms with E-state index in [1.807, 2.05) is 59.5 Å². The van der Waals surface area contributed by atoms with Crippen LogP contribution in [-0.2, 0) is 14.3 Å². The predicted molar refractivity (Wildman–Crippen MR) is 168 cm³/mol. The number of hydrogen-bond donors (Lipinski definition) is 1. The van der Waals surface area contributed by atoms with Crippen LogP contribution >= 0.6 is 33.3 Å². The molecule has 2 heterocycles. The van der Waals surface area contributed by atoms with Crippen molar-refractivity contribution in [2.75, 3.05) is 12.3 Å². The van der Waals surface area contributed by atoms with Crippen molar-refractivity contribution in [2.24, 2.45) is 0 Å². The van der Waals surface area contributed by atoms with Crippen LogP contribution in [0.2, 0.25) is 0 Å². The molecule has 9 heteroatoms. The average Bonchev–Trinajstić information content (AvgIpc) is 3.26. The fourth-order valence-electron chi connectivity index (χ4n) is 5.04. The van der Waals surface area contributed by atoms with Gasteiger partial charge in [-0.05, 0) is 77.2 Å². The number of ether oxygens (including phenoxy) is 1. The molecule has 2 rings (SSSR count). The SMILES string of the molecule is CCSC(C)(CC)CC(C)(C)OC(=O)CCCCC1(C)CC(c2cncc(C(=O)NCCCC(C)=O)c2)SS1. The fourth-order valence-corrected chi connectivity index (χ4v) is 10.0. The highest BCUT2D eigenvalue weighted by Crippen LogP contribution is 2.59. The maximum Gasteiger partial charge on any atom is 0.306 e. The number of nitrogens with one attached hydrogen (secondary N) is 1. The molecule has 3 unspecified atom stereocenters. The Morgan fingerprint density at radius 3 is 2.56 bits per heavy atom. The number of esters is 1. The van der Waals surface area contributed by atoms with Crippen molar-refractivity contribution in [3.05, 3.63) is 29.6 Å². The van der Waals surface area contributed by atoms with E-state index in [-0.39, 0.29) is 32.4 Å². The number of nitrogens with zero attached hydrogens (tertiary/aromatic N) is 1. The summed E-state index contributed by atoms with van der Waals surface area (Å²) in [5, 5.41) is 3.16. The highest BCUT2D eigenvalue weighted by atomic mass is 33.1. The molecular formula is C30H48N2O4S3. The predicted octanol–water partition coefficient (Wildman–Crippen LogP) is 7.96. The van der Waals surface area contributed by atoms with Crippen molar-refractivity contribution in [2.45, 2.75) is 127 Å². The maximum absolute atomic E-state index is 12.6. The molecule has 0 bridgehead atoms. The maximum atomic E-state index is 12.6. The Balaban J connectivity index is 1.78. The van der Waals surface area contributed by atoms with E-state index in [1.54, 1.807) is 13.1 Å². The van der Waals surface area contributed by atoms with E-state index in [1.165, 1.54) is 0 Å². The van der Waals surface area contributed by atoms with E-state index in [0.717, 1.165) is 49.8 Å². The molecule has 0 spiro atoms. The Hall–Kier alpha value is -1.19. The van der Waals surface area contributed by atoms with Crippen LogP contribution in [0, 0.1) is 0 Å². The lowest BCUT2D eigenvalue weighted by Crippen LogP contribution is -2.37. The Morgan fingerprint density at radius 1 is 1.15 bits per heavy atom. The quantitative estimate of drug-likeness (QED) is 0.110. The molecule has 39 heavy (non-hydrogen) atoms. The van der Waals surface area contributed by atoms with Gasteiger partial charge in [-0.3, -0.25) is 14.6 Å². The first-order chi connectivity index (χ1) is 18.3. The first-order valence-electron chi connectivity index (χ1n) is 14.2. The molecule has 220 valence electrons. The van der Waals surface area contributed by atoms with E-state index >= 15 is 0 Å². The number of carbonyl (C=O) groups excluding carboxylic acids is 3. The van der Waals surface area contributed by atoms with Gasteiger partial charge in [-0.15, -0.1) is 0 Å². The minimum Gasteiger partial charge on any atom is -0.460 e. The second-order valence-electron chi connectivity index (χ2n) is 11.7. The van der Waals surface area contributed by atoms with Crippen molar-refractivity contribution in [1.82, 2.24) is 10.3 Å². The molecule has 1 aliphatic rings. The topological polar surface area (TPSA) is 85.4 Å². The third-order valence-corrected chi connectivity index (χ3v) is 12.3. The second-order valence-corrected chi connectivity index (χ2v) is 16.6. The molecule has 1 N–H and O–H groups in total. The zero-order valence-electron chi connectivity index (χ0n) is 24.9. The summed E-state index contributed by atoms with van der Waals surface area (Å²) in [5.41, 5.74) is 1.16. The van der Waals surface area contributed by atoms with Gasteiger partial charge in [0.25, 0.3) is 5.91 Å². The van der Waals surface area contributed by atoms with E-state index in [2.05, 4.69) is 38.0 Å². The summed E-state index contributed by atoms with van der Waals surface area (Å²) >= 11 is 1.94. The zero-order valence-corrected chi connectivity index (χ0v) is 27.3. The Morgan fingerprint density at radius 2 is 1.90 bits per heavy atom. The van der Waals surface area contributed by atoms with Gasteiger partial charge < -0.3 is 14.8 Å². The molecule has 0 aromatic carbocycles. The number of thioether (sulfide) groups is 1. The lowest BCUT2D eigenvalue weighted by molar-refractivity contribution is -0.157. The van der Waals surface area contributed by atoms with Gasteiger partial charge in [0.1, 0.15) is 11.4 Å². The minimum atomic E-state index is -0.463. The molecule has 6 nitrogen and oxygen atoms in total. The van der Waals surface area contributed by atoms with E-state index < -0.39 is 5.60 Å². The average molecular weight is 597 g/mol. The van der Waals surface area contributed by atoms with Gasteiger partial charge in [0.2, 0.25) is 0 Å². The Bertz CT molecular complexity index is 973. The van der Waals surface area contributed by atoms with Crippen LogP contribution in [0.15, 0.2) is 18.5 Å². The third kappa shape index (κ3) is 12.1. The monoisotopic (exact) mass is 596 g/mol. The fraction of sp³-hybridized carbons (Fsp3) is 0.733. The van der Waals surface area contributed by atoms with Gasteiger partial charge in [0, 0.05) is 52.9 Å². The Labute approximate surface area is 248 Å². The lowest BCUT2D eigenvalue weighted by Gasteiger charge is -2.36. The number of hydrogen-bond acceptors (Lipinski definition) is 8. The van der Waals surface area contributed by atoms with Gasteiger partial charge in [-0.2, -0.15) is 11.8 Å². The largest absolute Gasteiger partial charge is 0.460 e. The van der Waals surface area contributed by atoms with Crippen LogP contribution < -0.4 is 5.32 Å². The second kappa shape index (κ2) is 15.7. The summed E-state index contributed by atoms with van der Waals surface area (Å²) in [6.07, 6.45) is 10.8. The first-order valence-corrected chi connectivity index (χ1v) is 17.4. The van der Waals surface area contributed by atoms with Gasteiger partial charge in [-0.1, -0.05) is 48.8 Å². The van der Waals surface area contributed by atoms with Gasteiger partial charge in [-0.25, -0.2) is 0 Å². The molecule has 1 aromatic heterocycles. The van der Waals surface area contributed by atoms with Crippen LogP contribution in [0.4, 0.5) is 0 Å². The molecule has 1 aliphatic heterocycles. The zero-order chi connectivity index (χ0) is 29.1. The summed E-state index contributed by atoms with van der Waals surface area (Å²) in [4.78, 5) is 40.5. The van der Waals surface area contributed by atoms with E-state index in [0.29, 0.717) is 31.4 Å². The molecule has 1 saturated heterocycles. The van der Waals surface area contributed by atoms with E-state index in [4.69, 9.17) is 4.74 Å². The summed E-state index contributed by atoms with van der Waals surface area (Å²) in [7, 11) is 3.75. The van der Waals surface area contributed by atoms with Gasteiger partial charge in [0.15, 0.2) is 0 Å². The van der Waals surface area contributed by atoms with Crippen LogP contribution in [0.1, 0.15) is 127 Å². The number of rotatable bonds is 17. The summed E-state index contributed by atoms with van der Waals surface area (Å²) < 4.78 is 6.15. The summed E-state index contributed by atoms with van der Waals surface area (Å²) in [5.74, 6) is 0.945. The molecule has 1 amide bonds. The highest BCUT2D eigenvalue weighted by Gasteiger charge is 2.38. The van der Waals surface area contributed by atoms with Crippen LogP contribution in [-0.4, -0.2) is 50.0 Å². The van der Waals surface area contributed by atoms with Crippen molar-refractivity contribution < 1.29 is 19.1 Å².